The second kappa shape index (κ2) is 13.4. The number of carbonyl (C=O) groups is 2. The Kier molecular flexibility index (Phi) is 9.10. The smallest absolute Gasteiger partial charge is 0.317 e. The maximum absolute atomic E-state index is 14.3. The Balaban J connectivity index is 1.30. The van der Waals surface area contributed by atoms with E-state index in [0.29, 0.717) is 17.2 Å². The van der Waals surface area contributed by atoms with Crippen LogP contribution in [-0.4, -0.2) is 44.7 Å². The predicted octanol–water partition coefficient (Wildman–Crippen LogP) is 7.61. The van der Waals surface area contributed by atoms with Gasteiger partial charge in [0.15, 0.2) is 5.78 Å². The van der Waals surface area contributed by atoms with Crippen LogP contribution in [0.15, 0.2) is 84.5 Å². The van der Waals surface area contributed by atoms with E-state index in [9.17, 15) is 9.59 Å². The van der Waals surface area contributed by atoms with Crippen molar-refractivity contribution in [3.8, 4) is 16.3 Å². The number of thiazole rings is 1. The van der Waals surface area contributed by atoms with E-state index in [4.69, 9.17) is 10.1 Å². The van der Waals surface area contributed by atoms with Crippen LogP contribution in [0, 0.1) is 12.8 Å². The van der Waals surface area contributed by atoms with E-state index in [1.165, 1.54) is 11.3 Å². The normalized spacial score (nSPS) is 14.5. The molecule has 3 N–H and O–H groups in total. The summed E-state index contributed by atoms with van der Waals surface area (Å²) in [6.45, 7) is 9.98. The van der Waals surface area contributed by atoms with E-state index in [1.54, 1.807) is 17.1 Å². The molecule has 1 aliphatic rings. The van der Waals surface area contributed by atoms with Crippen LogP contribution in [0.4, 0.5) is 16.3 Å². The second-order valence-electron chi connectivity index (χ2n) is 12.8. The van der Waals surface area contributed by atoms with Gasteiger partial charge >= 0.3 is 6.03 Å². The number of nitrogens with one attached hydrogen (secondary N) is 3. The molecule has 4 heterocycles. The maximum atomic E-state index is 14.3. The van der Waals surface area contributed by atoms with Crippen molar-refractivity contribution >= 4 is 34.7 Å². The van der Waals surface area contributed by atoms with Crippen LogP contribution in [0.5, 0.6) is 0 Å². The topological polar surface area (TPSA) is 114 Å². The third-order valence-corrected chi connectivity index (χ3v) is 9.24. The first kappa shape index (κ1) is 31.3. The van der Waals surface area contributed by atoms with Gasteiger partial charge in [-0.1, -0.05) is 56.7 Å². The molecule has 236 valence electrons. The summed E-state index contributed by atoms with van der Waals surface area (Å²) in [5.74, 6) is 0.147. The van der Waals surface area contributed by atoms with Crippen molar-refractivity contribution in [3.05, 3.63) is 107 Å². The fourth-order valence-corrected chi connectivity index (χ4v) is 6.63. The number of urea groups is 1. The highest BCUT2D eigenvalue weighted by atomic mass is 32.1. The van der Waals surface area contributed by atoms with Crippen LogP contribution >= 0.6 is 11.3 Å². The highest BCUT2D eigenvalue weighted by molar-refractivity contribution is 7.13. The molecule has 46 heavy (non-hydrogen) atoms. The Morgan fingerprint density at radius 2 is 1.76 bits per heavy atom. The molecule has 0 saturated carbocycles. The number of rotatable bonds is 8. The second-order valence-corrected chi connectivity index (χ2v) is 13.6. The third kappa shape index (κ3) is 6.93. The van der Waals surface area contributed by atoms with Gasteiger partial charge in [-0.3, -0.25) is 15.1 Å². The zero-order valence-corrected chi connectivity index (χ0v) is 27.4. The number of Topliss-reactive ketones (excluding diaryl/α,β-unsaturated/α-hetero) is 1. The molecule has 1 fully saturated rings. The Morgan fingerprint density at radius 1 is 1.00 bits per heavy atom. The van der Waals surface area contributed by atoms with Crippen molar-refractivity contribution < 1.29 is 9.59 Å². The number of hydrogen-bond donors (Lipinski definition) is 3. The quantitative estimate of drug-likeness (QED) is 0.152. The van der Waals surface area contributed by atoms with Crippen LogP contribution < -0.4 is 16.0 Å². The number of amides is 2. The molecule has 3 aromatic heterocycles. The Bertz CT molecular complexity index is 1820. The molecule has 0 bridgehead atoms. The lowest BCUT2D eigenvalue weighted by Crippen LogP contribution is -2.34. The highest BCUT2D eigenvalue weighted by Crippen LogP contribution is 2.38. The maximum Gasteiger partial charge on any atom is 0.324 e. The molecule has 1 unspecified atom stereocenters. The summed E-state index contributed by atoms with van der Waals surface area (Å²) >= 11 is 1.44. The van der Waals surface area contributed by atoms with Crippen LogP contribution in [0.1, 0.15) is 66.8 Å². The molecule has 0 radical (unpaired) electrons. The zero-order chi connectivity index (χ0) is 32.3. The van der Waals surface area contributed by atoms with Crippen molar-refractivity contribution in [2.75, 3.05) is 23.7 Å². The number of ketones is 1. The van der Waals surface area contributed by atoms with Crippen molar-refractivity contribution in [2.24, 2.45) is 5.92 Å². The molecule has 9 nitrogen and oxygen atoms in total. The average molecular weight is 634 g/mol. The summed E-state index contributed by atoms with van der Waals surface area (Å²) in [5.41, 5.74) is 5.32. The minimum absolute atomic E-state index is 0.0415. The predicted molar refractivity (Wildman–Crippen MR) is 184 cm³/mol. The number of anilines is 2. The van der Waals surface area contributed by atoms with Gasteiger partial charge in [-0.15, -0.1) is 11.3 Å². The number of piperidine rings is 1. The standard InChI is InChI=1S/C36H39N7O2S/c1-23-11-13-26(14-12-23)43-31(20-30(42-43)36(2,3)4)41-35(45)40-28-10-6-5-9-27(28)32(24-15-18-37-19-16-24)33(44)29-22-46-34(39-29)25-8-7-17-38-21-25/h5-14,17,20-22,24,32,37H,15-16,18-19H2,1-4H3,(H2,40,41,45). The molecule has 10 heteroatoms. The summed E-state index contributed by atoms with van der Waals surface area (Å²) < 4.78 is 1.76. The van der Waals surface area contributed by atoms with Crippen molar-refractivity contribution in [3.63, 3.8) is 0 Å². The van der Waals surface area contributed by atoms with Gasteiger partial charge < -0.3 is 10.6 Å². The van der Waals surface area contributed by atoms with Gasteiger partial charge in [0.05, 0.1) is 17.3 Å². The van der Waals surface area contributed by atoms with E-state index in [2.05, 4.69) is 41.7 Å². The van der Waals surface area contributed by atoms with Crippen molar-refractivity contribution in [1.29, 1.82) is 0 Å². The van der Waals surface area contributed by atoms with Crippen LogP contribution in [0.25, 0.3) is 16.3 Å². The molecule has 1 saturated heterocycles. The van der Waals surface area contributed by atoms with Gasteiger partial charge in [0.1, 0.15) is 16.5 Å². The highest BCUT2D eigenvalue weighted by Gasteiger charge is 2.34. The van der Waals surface area contributed by atoms with E-state index >= 15 is 0 Å². The average Bonchev–Trinajstić information content (AvgIpc) is 3.72. The molecule has 2 amide bonds. The molecule has 6 rings (SSSR count). The van der Waals surface area contributed by atoms with Gasteiger partial charge in [-0.25, -0.2) is 14.5 Å². The van der Waals surface area contributed by atoms with E-state index in [0.717, 1.165) is 59.0 Å². The summed E-state index contributed by atoms with van der Waals surface area (Å²) in [5, 5.41) is 16.9. The fourth-order valence-electron chi connectivity index (χ4n) is 5.83. The van der Waals surface area contributed by atoms with E-state index in [-0.39, 0.29) is 17.1 Å². The first-order chi connectivity index (χ1) is 22.2. The molecule has 2 aromatic carbocycles. The third-order valence-electron chi connectivity index (χ3n) is 8.34. The van der Waals surface area contributed by atoms with E-state index < -0.39 is 11.9 Å². The lowest BCUT2D eigenvalue weighted by atomic mass is 9.76. The number of pyridine rings is 1. The first-order valence-corrected chi connectivity index (χ1v) is 16.5. The number of hydrogen-bond acceptors (Lipinski definition) is 7. The summed E-state index contributed by atoms with van der Waals surface area (Å²) in [6.07, 6.45) is 5.17. The molecule has 5 aromatic rings. The van der Waals surface area contributed by atoms with Gasteiger partial charge in [0.25, 0.3) is 0 Å². The van der Waals surface area contributed by atoms with Crippen LogP contribution in [-0.2, 0) is 5.41 Å². The largest absolute Gasteiger partial charge is 0.324 e. The van der Waals surface area contributed by atoms with Gasteiger partial charge in [-0.2, -0.15) is 5.10 Å². The minimum Gasteiger partial charge on any atom is -0.317 e. The minimum atomic E-state index is -0.465. The van der Waals surface area contributed by atoms with Crippen LogP contribution in [0.3, 0.4) is 0 Å². The summed E-state index contributed by atoms with van der Waals surface area (Å²) in [6, 6.07) is 20.9. The van der Waals surface area contributed by atoms with Crippen molar-refractivity contribution in [2.45, 2.75) is 51.9 Å². The zero-order valence-electron chi connectivity index (χ0n) is 26.6. The van der Waals surface area contributed by atoms with Crippen LogP contribution in [0.2, 0.25) is 0 Å². The lowest BCUT2D eigenvalue weighted by Gasteiger charge is -2.31. The molecule has 0 spiro atoms. The lowest BCUT2D eigenvalue weighted by molar-refractivity contribution is 0.0912. The SMILES string of the molecule is Cc1ccc(-n2nc(C(C)(C)C)cc2NC(=O)Nc2ccccc2C(C(=O)c2csc(-c3cccnc3)n2)C2CCNCC2)cc1. The van der Waals surface area contributed by atoms with Gasteiger partial charge in [-0.05, 0) is 74.7 Å². The number of aryl methyl sites for hydroxylation is 1. The Morgan fingerprint density at radius 3 is 2.48 bits per heavy atom. The molecular formula is C36H39N7O2S. The molecular weight excluding hydrogens is 595 g/mol. The monoisotopic (exact) mass is 633 g/mol. The number of para-hydroxylation sites is 1. The van der Waals surface area contributed by atoms with E-state index in [1.807, 2.05) is 79.0 Å². The Labute approximate surface area is 273 Å². The number of benzene rings is 2. The van der Waals surface area contributed by atoms with Gasteiger partial charge in [0.2, 0.25) is 0 Å². The fraction of sp³-hybridized carbons (Fsp3) is 0.306. The number of aromatic nitrogens is 4. The Hall–Kier alpha value is -4.67. The summed E-state index contributed by atoms with van der Waals surface area (Å²) in [4.78, 5) is 36.9. The molecule has 1 atom stereocenters. The summed E-state index contributed by atoms with van der Waals surface area (Å²) in [7, 11) is 0. The molecule has 0 aliphatic carbocycles. The number of nitrogens with zero attached hydrogens (tertiary/aromatic N) is 4. The molecule has 1 aliphatic heterocycles. The van der Waals surface area contributed by atoms with Crippen molar-refractivity contribution in [1.82, 2.24) is 25.1 Å². The first-order valence-electron chi connectivity index (χ1n) is 15.6. The number of carbonyl (C=O) groups excluding carboxylic acids is 2. The van der Waals surface area contributed by atoms with Gasteiger partial charge in [0, 0.05) is 40.5 Å².